The molecule has 0 aromatic rings. The van der Waals surface area contributed by atoms with E-state index in [1.54, 1.807) is 0 Å². The highest BCUT2D eigenvalue weighted by Crippen LogP contribution is 2.29. The summed E-state index contributed by atoms with van der Waals surface area (Å²) in [5, 5.41) is 0. The van der Waals surface area contributed by atoms with E-state index in [9.17, 15) is 4.79 Å². The van der Waals surface area contributed by atoms with Crippen molar-refractivity contribution in [3.63, 3.8) is 0 Å². The van der Waals surface area contributed by atoms with Crippen molar-refractivity contribution in [2.45, 2.75) is 19.8 Å². The Morgan fingerprint density at radius 2 is 1.75 bits per heavy atom. The summed E-state index contributed by atoms with van der Waals surface area (Å²) in [5.41, 5.74) is 7.95. The molecule has 0 heterocycles. The van der Waals surface area contributed by atoms with Gasteiger partial charge in [-0.3, -0.25) is 4.79 Å². The summed E-state index contributed by atoms with van der Waals surface area (Å²) in [6, 6.07) is 8.48. The van der Waals surface area contributed by atoms with E-state index in [4.69, 9.17) is 5.73 Å². The van der Waals surface area contributed by atoms with Crippen molar-refractivity contribution in [1.29, 1.82) is 0 Å². The molecule has 2 aliphatic carbocycles. The standard InChI is InChI=1S/C6H13NO2.C6H4.ClH/c1-2-3-6(8)9-5-4-7;1-2-6-4-3-5(1)6;/h2-5,7H2,1H3;1-4H;1H. The van der Waals surface area contributed by atoms with Gasteiger partial charge >= 0.3 is 5.97 Å². The molecule has 0 aromatic heterocycles. The lowest BCUT2D eigenvalue weighted by Crippen LogP contribution is -2.12. The van der Waals surface area contributed by atoms with Gasteiger partial charge < -0.3 is 10.5 Å². The number of halogens is 1. The number of rotatable bonds is 4. The normalized spacial score (nSPS) is 9.38. The molecule has 2 rings (SSSR count). The Hall–Kier alpha value is -1.06. The molecule has 0 fully saturated rings. The first-order chi connectivity index (χ1) is 7.27. The van der Waals surface area contributed by atoms with Gasteiger partial charge in [0.05, 0.1) is 0 Å². The third-order valence-electron chi connectivity index (χ3n) is 2.05. The zero-order valence-electron chi connectivity index (χ0n) is 9.44. The van der Waals surface area contributed by atoms with Crippen LogP contribution in [-0.4, -0.2) is 19.1 Å². The van der Waals surface area contributed by atoms with Crippen molar-refractivity contribution in [1.82, 2.24) is 0 Å². The Kier molecular flexibility index (Phi) is 7.60. The first-order valence-corrected chi connectivity index (χ1v) is 5.24. The zero-order valence-corrected chi connectivity index (χ0v) is 10.3. The van der Waals surface area contributed by atoms with Crippen LogP contribution < -0.4 is 5.73 Å². The molecule has 0 spiro atoms. The number of hydrogen-bond donors (Lipinski definition) is 1. The van der Waals surface area contributed by atoms with E-state index in [-0.39, 0.29) is 18.4 Å². The molecule has 0 atom stereocenters. The molecule has 2 aliphatic rings. The average Bonchev–Trinajstić information content (AvgIpc) is 2.22. The Labute approximate surface area is 102 Å². The average molecular weight is 244 g/mol. The highest BCUT2D eigenvalue weighted by molar-refractivity contribution is 5.85. The molecule has 3 nitrogen and oxygen atoms in total. The largest absolute Gasteiger partial charge is 0.464 e. The first-order valence-electron chi connectivity index (χ1n) is 5.24. The molecular weight excluding hydrogens is 226 g/mol. The van der Waals surface area contributed by atoms with Crippen LogP contribution in [0.3, 0.4) is 0 Å². The van der Waals surface area contributed by atoms with E-state index in [1.807, 2.05) is 6.92 Å². The van der Waals surface area contributed by atoms with E-state index in [0.717, 1.165) is 6.42 Å². The maximum atomic E-state index is 10.5. The lowest BCUT2D eigenvalue weighted by Gasteiger charge is -2.10. The summed E-state index contributed by atoms with van der Waals surface area (Å²) in [6.07, 6.45) is 1.34. The summed E-state index contributed by atoms with van der Waals surface area (Å²) in [7, 11) is 0. The van der Waals surface area contributed by atoms with Crippen LogP contribution in [0.1, 0.15) is 19.8 Å². The maximum absolute atomic E-state index is 10.5. The number of hydrogen-bond acceptors (Lipinski definition) is 3. The van der Waals surface area contributed by atoms with Gasteiger partial charge in [-0.25, -0.2) is 0 Å². The summed E-state index contributed by atoms with van der Waals surface area (Å²) in [5.74, 6) is -0.150. The number of nitrogens with two attached hydrogens (primary N) is 1. The van der Waals surface area contributed by atoms with Gasteiger partial charge in [0.2, 0.25) is 0 Å². The van der Waals surface area contributed by atoms with Crippen molar-refractivity contribution in [2.75, 3.05) is 13.2 Å². The predicted octanol–water partition coefficient (Wildman–Crippen LogP) is 2.38. The van der Waals surface area contributed by atoms with Gasteiger partial charge in [-0.1, -0.05) is 31.2 Å². The van der Waals surface area contributed by atoms with Crippen molar-refractivity contribution in [3.05, 3.63) is 24.3 Å². The number of carbonyl (C=O) groups excluding carboxylic acids is 1. The van der Waals surface area contributed by atoms with Crippen molar-refractivity contribution in [2.24, 2.45) is 5.73 Å². The molecule has 0 aromatic carbocycles. The van der Waals surface area contributed by atoms with Crippen molar-refractivity contribution in [3.8, 4) is 11.1 Å². The number of carbonyl (C=O) groups is 1. The van der Waals surface area contributed by atoms with Crippen LogP contribution in [-0.2, 0) is 9.53 Å². The van der Waals surface area contributed by atoms with Gasteiger partial charge in [0.1, 0.15) is 6.61 Å². The number of ether oxygens (including phenoxy) is 1. The zero-order chi connectivity index (χ0) is 11.1. The number of benzene rings is 1. The molecule has 0 unspecified atom stereocenters. The Morgan fingerprint density at radius 1 is 1.25 bits per heavy atom. The van der Waals surface area contributed by atoms with Crippen molar-refractivity contribution < 1.29 is 9.53 Å². The minimum absolute atomic E-state index is 0. The van der Waals surface area contributed by atoms with E-state index >= 15 is 0 Å². The first kappa shape index (κ1) is 14.9. The fraction of sp³-hybridized carbons (Fsp3) is 0.417. The maximum Gasteiger partial charge on any atom is 0.305 e. The van der Waals surface area contributed by atoms with E-state index in [0.29, 0.717) is 19.6 Å². The van der Waals surface area contributed by atoms with Crippen LogP contribution in [0, 0.1) is 0 Å². The highest BCUT2D eigenvalue weighted by atomic mass is 35.5. The molecule has 2 N–H and O–H groups in total. The second-order valence-electron chi connectivity index (χ2n) is 3.34. The summed E-state index contributed by atoms with van der Waals surface area (Å²) in [6.45, 7) is 2.69. The smallest absolute Gasteiger partial charge is 0.305 e. The van der Waals surface area contributed by atoms with Crippen LogP contribution in [0.25, 0.3) is 11.1 Å². The van der Waals surface area contributed by atoms with E-state index in [2.05, 4.69) is 29.0 Å². The minimum atomic E-state index is -0.150. The highest BCUT2D eigenvalue weighted by Gasteiger charge is 2.03. The van der Waals surface area contributed by atoms with Crippen molar-refractivity contribution >= 4 is 18.4 Å². The molecule has 0 bridgehead atoms. The second-order valence-corrected chi connectivity index (χ2v) is 3.34. The molecule has 0 saturated carbocycles. The van der Waals surface area contributed by atoms with Crippen LogP contribution in [0.15, 0.2) is 24.3 Å². The van der Waals surface area contributed by atoms with Gasteiger partial charge in [-0.05, 0) is 17.5 Å². The molecule has 4 heteroatoms. The quantitative estimate of drug-likeness (QED) is 0.839. The van der Waals surface area contributed by atoms with Crippen LogP contribution in [0.4, 0.5) is 0 Å². The lowest BCUT2D eigenvalue weighted by molar-refractivity contribution is -0.143. The molecule has 16 heavy (non-hydrogen) atoms. The molecule has 0 aliphatic heterocycles. The third kappa shape index (κ3) is 4.64. The molecule has 0 saturated heterocycles. The van der Waals surface area contributed by atoms with Crippen LogP contribution in [0.5, 0.6) is 0 Å². The lowest BCUT2D eigenvalue weighted by atomic mass is 9.95. The molecule has 90 valence electrons. The Bertz CT molecular complexity index is 290. The molecular formula is C12H18ClNO2. The van der Waals surface area contributed by atoms with Gasteiger partial charge in [0.15, 0.2) is 0 Å². The third-order valence-corrected chi connectivity index (χ3v) is 2.05. The van der Waals surface area contributed by atoms with E-state index < -0.39 is 0 Å². The summed E-state index contributed by atoms with van der Waals surface area (Å²) < 4.78 is 4.67. The van der Waals surface area contributed by atoms with E-state index in [1.165, 1.54) is 11.1 Å². The van der Waals surface area contributed by atoms with Gasteiger partial charge in [-0.2, -0.15) is 0 Å². The fourth-order valence-corrected chi connectivity index (χ4v) is 1.11. The summed E-state index contributed by atoms with van der Waals surface area (Å²) >= 11 is 0. The molecule has 0 radical (unpaired) electrons. The SMILES string of the molecule is CCCC(=O)OCCN.Cl.c1cc2ccc1-2. The monoisotopic (exact) mass is 243 g/mol. The number of esters is 1. The second kappa shape index (κ2) is 8.13. The predicted molar refractivity (Wildman–Crippen MR) is 67.6 cm³/mol. The van der Waals surface area contributed by atoms with Gasteiger partial charge in [0.25, 0.3) is 0 Å². The molecule has 0 amide bonds. The topological polar surface area (TPSA) is 52.3 Å². The Morgan fingerprint density at radius 3 is 2.00 bits per heavy atom. The minimum Gasteiger partial charge on any atom is -0.464 e. The number of fused-ring (bicyclic) bond motifs is 1. The summed E-state index contributed by atoms with van der Waals surface area (Å²) in [4.78, 5) is 10.5. The van der Waals surface area contributed by atoms with Crippen LogP contribution >= 0.6 is 12.4 Å². The Balaban J connectivity index is 0.000000276. The fourth-order valence-electron chi connectivity index (χ4n) is 1.11. The van der Waals surface area contributed by atoms with Gasteiger partial charge in [-0.15, -0.1) is 12.4 Å². The van der Waals surface area contributed by atoms with Crippen LogP contribution in [0.2, 0.25) is 0 Å². The van der Waals surface area contributed by atoms with Gasteiger partial charge in [0, 0.05) is 13.0 Å².